The lowest BCUT2D eigenvalue weighted by atomic mass is 9.91. The van der Waals surface area contributed by atoms with Crippen LogP contribution in [0.15, 0.2) is 66.1 Å². The fraction of sp³-hybridized carbons (Fsp3) is 0.375. The number of aryl methyl sites for hydroxylation is 2. The zero-order valence-corrected chi connectivity index (χ0v) is 22.9. The molecule has 0 saturated heterocycles. The van der Waals surface area contributed by atoms with E-state index < -0.39 is 22.3 Å². The highest BCUT2D eigenvalue weighted by atomic mass is 32.1. The molecule has 0 unspecified atom stereocenters. The van der Waals surface area contributed by atoms with E-state index in [0.29, 0.717) is 5.56 Å². The lowest BCUT2D eigenvalue weighted by Crippen LogP contribution is -2.03. The molecule has 3 aromatic carbocycles. The molecule has 1 aliphatic carbocycles. The van der Waals surface area contributed by atoms with Crippen molar-refractivity contribution in [3.63, 3.8) is 0 Å². The molecule has 1 saturated carbocycles. The Morgan fingerprint density at radius 2 is 1.44 bits per heavy atom. The molecule has 4 rings (SSSR count). The van der Waals surface area contributed by atoms with Crippen LogP contribution in [-0.4, -0.2) is 0 Å². The van der Waals surface area contributed by atoms with Crippen molar-refractivity contribution in [2.45, 2.75) is 77.5 Å². The molecule has 0 aromatic heterocycles. The molecule has 3 aromatic rings. The van der Waals surface area contributed by atoms with Crippen molar-refractivity contribution < 1.29 is 13.2 Å². The number of thiol groups is 1. The molecule has 0 bridgehead atoms. The van der Waals surface area contributed by atoms with Crippen LogP contribution in [0.5, 0.6) is 0 Å². The van der Waals surface area contributed by atoms with Gasteiger partial charge in [0.25, 0.3) is 0 Å². The lowest BCUT2D eigenvalue weighted by molar-refractivity contribution is 0.385. The van der Waals surface area contributed by atoms with E-state index in [9.17, 15) is 13.2 Å². The van der Waals surface area contributed by atoms with Gasteiger partial charge in [-0.3, -0.25) is 0 Å². The zero-order chi connectivity index (χ0) is 26.7. The molecule has 0 aliphatic heterocycles. The first-order valence-electron chi connectivity index (χ1n) is 12.8. The van der Waals surface area contributed by atoms with Crippen LogP contribution < -0.4 is 0 Å². The fourth-order valence-corrected chi connectivity index (χ4v) is 4.52. The van der Waals surface area contributed by atoms with Crippen LogP contribution >= 0.6 is 12.6 Å². The molecule has 0 atom stereocenters. The van der Waals surface area contributed by atoms with Gasteiger partial charge in [-0.05, 0) is 48.4 Å². The summed E-state index contributed by atoms with van der Waals surface area (Å²) in [6.45, 7) is 11.8. The summed E-state index contributed by atoms with van der Waals surface area (Å²) in [7, 11) is 0. The van der Waals surface area contributed by atoms with E-state index >= 15 is 0 Å². The van der Waals surface area contributed by atoms with Gasteiger partial charge in [0.05, 0.1) is 4.90 Å². The number of halogens is 3. The van der Waals surface area contributed by atoms with E-state index in [-0.39, 0.29) is 16.7 Å². The standard InChI is InChI=1S/C15H11F3S.C10H14.C7H14/c1-8(10-6-4-3-5-7-10)11-9(2)12(16)15(19)14(18)13(11)17;1-3-4-10-7-5-9(2)6-8-10;1-7-5-3-2-4-6-7/h3-7,19H,1H2,2H3;5-8H,3-4H2,1-2H3;7H,2-6H2,1H3. The maximum absolute atomic E-state index is 14.0. The van der Waals surface area contributed by atoms with Gasteiger partial charge in [-0.25, -0.2) is 13.2 Å². The van der Waals surface area contributed by atoms with Crippen LogP contribution in [0.25, 0.3) is 5.57 Å². The third-order valence-electron chi connectivity index (χ3n) is 6.51. The number of hydrogen-bond donors (Lipinski definition) is 1. The normalized spacial score (nSPS) is 13.2. The van der Waals surface area contributed by atoms with E-state index in [1.165, 1.54) is 63.0 Å². The van der Waals surface area contributed by atoms with Crippen LogP contribution in [-0.2, 0) is 6.42 Å². The molecule has 4 heteroatoms. The molecule has 1 aliphatic rings. The Bertz CT molecular complexity index is 1070. The number of rotatable bonds is 4. The van der Waals surface area contributed by atoms with Gasteiger partial charge in [0.15, 0.2) is 11.6 Å². The minimum absolute atomic E-state index is 0.00208. The van der Waals surface area contributed by atoms with Gasteiger partial charge in [-0.1, -0.05) is 119 Å². The summed E-state index contributed by atoms with van der Waals surface area (Å²) in [5, 5.41) is 0. The molecular formula is C32H39F3S. The molecule has 0 spiro atoms. The highest BCUT2D eigenvalue weighted by Gasteiger charge is 2.22. The predicted octanol–water partition coefficient (Wildman–Crippen LogP) is 10.3. The number of benzene rings is 3. The second-order valence-electron chi connectivity index (χ2n) is 9.61. The van der Waals surface area contributed by atoms with Crippen molar-refractivity contribution >= 4 is 18.2 Å². The third-order valence-corrected chi connectivity index (χ3v) is 6.90. The smallest absolute Gasteiger partial charge is 0.175 e. The van der Waals surface area contributed by atoms with Crippen molar-refractivity contribution in [1.29, 1.82) is 0 Å². The molecular weight excluding hydrogens is 473 g/mol. The molecule has 0 amide bonds. The average Bonchev–Trinajstić information content (AvgIpc) is 2.89. The first-order chi connectivity index (χ1) is 17.2. The summed E-state index contributed by atoms with van der Waals surface area (Å²) in [5.41, 5.74) is 3.49. The van der Waals surface area contributed by atoms with E-state index in [1.807, 2.05) is 0 Å². The second-order valence-corrected chi connectivity index (χ2v) is 10.1. The minimum atomic E-state index is -1.29. The highest BCUT2D eigenvalue weighted by molar-refractivity contribution is 7.80. The summed E-state index contributed by atoms with van der Waals surface area (Å²) in [5.74, 6) is -2.25. The van der Waals surface area contributed by atoms with E-state index in [0.717, 1.165) is 5.92 Å². The zero-order valence-electron chi connectivity index (χ0n) is 22.0. The summed E-state index contributed by atoms with van der Waals surface area (Å²) >= 11 is 3.63. The second kappa shape index (κ2) is 14.9. The Morgan fingerprint density at radius 1 is 0.861 bits per heavy atom. The highest BCUT2D eigenvalue weighted by Crippen LogP contribution is 2.33. The largest absolute Gasteiger partial charge is 0.205 e. The SMILES string of the molecule is C=C(c1ccccc1)c1c(C)c(F)c(S)c(F)c1F.CC1CCCCC1.CCCc1ccc(C)cc1. The quantitative estimate of drug-likeness (QED) is 0.261. The predicted molar refractivity (Wildman–Crippen MR) is 150 cm³/mol. The Balaban J connectivity index is 0.000000222. The van der Waals surface area contributed by atoms with Crippen LogP contribution in [0.2, 0.25) is 0 Å². The van der Waals surface area contributed by atoms with Crippen molar-refractivity contribution in [3.05, 3.63) is 106 Å². The molecule has 0 radical (unpaired) electrons. The van der Waals surface area contributed by atoms with Crippen molar-refractivity contribution in [2.75, 3.05) is 0 Å². The van der Waals surface area contributed by atoms with E-state index in [1.54, 1.807) is 30.3 Å². The lowest BCUT2D eigenvalue weighted by Gasteiger charge is -2.15. The van der Waals surface area contributed by atoms with Crippen LogP contribution in [0.1, 0.15) is 80.2 Å². The Hall–Kier alpha value is -2.46. The Kier molecular flexibility index (Phi) is 12.4. The fourth-order valence-electron chi connectivity index (χ4n) is 4.25. The van der Waals surface area contributed by atoms with Gasteiger partial charge in [-0.2, -0.15) is 0 Å². The van der Waals surface area contributed by atoms with Crippen LogP contribution in [0, 0.1) is 37.2 Å². The summed E-state index contributed by atoms with van der Waals surface area (Å²) < 4.78 is 41.3. The molecule has 1 fully saturated rings. The minimum Gasteiger partial charge on any atom is -0.205 e. The molecule has 0 nitrogen and oxygen atoms in total. The monoisotopic (exact) mass is 512 g/mol. The van der Waals surface area contributed by atoms with Gasteiger partial charge >= 0.3 is 0 Å². The van der Waals surface area contributed by atoms with Gasteiger partial charge < -0.3 is 0 Å². The molecule has 0 heterocycles. The third kappa shape index (κ3) is 8.58. The van der Waals surface area contributed by atoms with Gasteiger partial charge in [0, 0.05) is 5.56 Å². The summed E-state index contributed by atoms with van der Waals surface area (Å²) in [4.78, 5) is -0.611. The van der Waals surface area contributed by atoms with Crippen molar-refractivity contribution in [1.82, 2.24) is 0 Å². The van der Waals surface area contributed by atoms with Crippen LogP contribution in [0.4, 0.5) is 13.2 Å². The topological polar surface area (TPSA) is 0 Å². The van der Waals surface area contributed by atoms with Crippen molar-refractivity contribution in [2.24, 2.45) is 5.92 Å². The number of hydrogen-bond acceptors (Lipinski definition) is 1. The van der Waals surface area contributed by atoms with Gasteiger partial charge in [0.2, 0.25) is 0 Å². The van der Waals surface area contributed by atoms with Crippen LogP contribution in [0.3, 0.4) is 0 Å². The maximum atomic E-state index is 14.0. The van der Waals surface area contributed by atoms with Gasteiger partial charge in [-0.15, -0.1) is 12.6 Å². The van der Waals surface area contributed by atoms with Crippen molar-refractivity contribution in [3.8, 4) is 0 Å². The summed E-state index contributed by atoms with van der Waals surface area (Å²) in [6, 6.07) is 17.4. The van der Waals surface area contributed by atoms with E-state index in [2.05, 4.69) is 64.2 Å². The van der Waals surface area contributed by atoms with Gasteiger partial charge in [0.1, 0.15) is 5.82 Å². The van der Waals surface area contributed by atoms with E-state index in [4.69, 9.17) is 0 Å². The molecule has 194 valence electrons. The maximum Gasteiger partial charge on any atom is 0.175 e. The summed E-state index contributed by atoms with van der Waals surface area (Å²) in [6.07, 6.45) is 9.88. The molecule has 36 heavy (non-hydrogen) atoms. The Labute approximate surface area is 221 Å². The first kappa shape index (κ1) is 29.8. The average molecular weight is 513 g/mol. The Morgan fingerprint density at radius 3 is 1.94 bits per heavy atom. The molecule has 0 N–H and O–H groups in total. The first-order valence-corrected chi connectivity index (χ1v) is 13.3.